The Balaban J connectivity index is 1.86. The molecule has 1 heterocycles. The number of hydrogen-bond acceptors (Lipinski definition) is 4. The molecule has 0 aromatic heterocycles. The van der Waals surface area contributed by atoms with Crippen molar-refractivity contribution >= 4 is 17.6 Å². The third kappa shape index (κ3) is 4.53. The van der Waals surface area contributed by atoms with Gasteiger partial charge < -0.3 is 10.1 Å². The molecule has 0 saturated carbocycles. The van der Waals surface area contributed by atoms with Gasteiger partial charge in [-0.15, -0.1) is 0 Å². The molecule has 1 fully saturated rings. The van der Waals surface area contributed by atoms with Crippen LogP contribution >= 0.6 is 0 Å². The summed E-state index contributed by atoms with van der Waals surface area (Å²) in [4.78, 5) is 25.7. The highest BCUT2D eigenvalue weighted by atomic mass is 19.1. The summed E-state index contributed by atoms with van der Waals surface area (Å²) in [5.41, 5.74) is 0.173. The maximum atomic E-state index is 13.5. The standard InChI is InChI=1S/C16H21FN2O3/c1-2-22-16(21)12-6-5-9-19(10-12)11-15(20)18-14-8-4-3-7-13(14)17/h3-4,7-8,12H,2,5-6,9-11H2,1H3,(H,18,20)/t12-/m1/s1. The predicted molar refractivity (Wildman–Crippen MR) is 80.8 cm³/mol. The number of likely N-dealkylation sites (tertiary alicyclic amines) is 1. The Hall–Kier alpha value is -1.95. The van der Waals surface area contributed by atoms with Crippen molar-refractivity contribution in [1.29, 1.82) is 0 Å². The van der Waals surface area contributed by atoms with Gasteiger partial charge in [0.15, 0.2) is 0 Å². The lowest BCUT2D eigenvalue weighted by Gasteiger charge is -2.30. The number of carbonyl (C=O) groups is 2. The SMILES string of the molecule is CCOC(=O)[C@@H]1CCCN(CC(=O)Nc2ccccc2F)C1. The van der Waals surface area contributed by atoms with Gasteiger partial charge in [-0.2, -0.15) is 0 Å². The number of hydrogen-bond donors (Lipinski definition) is 1. The van der Waals surface area contributed by atoms with Crippen LogP contribution in [0.4, 0.5) is 10.1 Å². The van der Waals surface area contributed by atoms with Crippen molar-refractivity contribution in [1.82, 2.24) is 4.90 Å². The average Bonchev–Trinajstić information content (AvgIpc) is 2.50. The molecule has 1 saturated heterocycles. The molecule has 2 rings (SSSR count). The van der Waals surface area contributed by atoms with Crippen molar-refractivity contribution in [2.24, 2.45) is 5.92 Å². The fourth-order valence-electron chi connectivity index (χ4n) is 2.61. The van der Waals surface area contributed by atoms with E-state index in [9.17, 15) is 14.0 Å². The van der Waals surface area contributed by atoms with E-state index in [1.165, 1.54) is 12.1 Å². The van der Waals surface area contributed by atoms with E-state index in [1.54, 1.807) is 19.1 Å². The maximum absolute atomic E-state index is 13.5. The number of piperidine rings is 1. The molecular weight excluding hydrogens is 287 g/mol. The monoisotopic (exact) mass is 308 g/mol. The van der Waals surface area contributed by atoms with Gasteiger partial charge in [-0.1, -0.05) is 12.1 Å². The van der Waals surface area contributed by atoms with Gasteiger partial charge in [-0.25, -0.2) is 4.39 Å². The summed E-state index contributed by atoms with van der Waals surface area (Å²) < 4.78 is 18.5. The molecule has 1 atom stereocenters. The molecule has 0 aliphatic carbocycles. The van der Waals surface area contributed by atoms with Crippen LogP contribution in [0.3, 0.4) is 0 Å². The maximum Gasteiger partial charge on any atom is 0.310 e. The normalized spacial score (nSPS) is 18.7. The third-order valence-corrected chi connectivity index (χ3v) is 3.64. The van der Waals surface area contributed by atoms with Gasteiger partial charge in [0, 0.05) is 6.54 Å². The molecule has 5 nitrogen and oxygen atoms in total. The van der Waals surface area contributed by atoms with Crippen molar-refractivity contribution in [2.75, 3.05) is 31.6 Å². The van der Waals surface area contributed by atoms with Crippen LogP contribution in [-0.4, -0.2) is 43.0 Å². The first-order valence-corrected chi connectivity index (χ1v) is 7.53. The van der Waals surface area contributed by atoms with Crippen LogP contribution in [0.5, 0.6) is 0 Å². The number of nitrogens with one attached hydrogen (secondary N) is 1. The Labute approximate surface area is 129 Å². The van der Waals surface area contributed by atoms with Crippen LogP contribution < -0.4 is 5.32 Å². The minimum atomic E-state index is -0.459. The van der Waals surface area contributed by atoms with Crippen molar-refractivity contribution in [3.63, 3.8) is 0 Å². The summed E-state index contributed by atoms with van der Waals surface area (Å²) >= 11 is 0. The molecule has 0 bridgehead atoms. The molecule has 0 radical (unpaired) electrons. The Morgan fingerprint density at radius 2 is 2.18 bits per heavy atom. The number of carbonyl (C=O) groups excluding carboxylic acids is 2. The number of ether oxygens (including phenoxy) is 1. The average molecular weight is 308 g/mol. The van der Waals surface area contributed by atoms with E-state index in [0.29, 0.717) is 13.2 Å². The number of amides is 1. The lowest BCUT2D eigenvalue weighted by atomic mass is 9.98. The molecule has 1 aliphatic heterocycles. The molecule has 0 spiro atoms. The molecule has 1 aromatic carbocycles. The predicted octanol–water partition coefficient (Wildman–Crippen LogP) is 2.04. The summed E-state index contributed by atoms with van der Waals surface area (Å²) in [6.07, 6.45) is 1.63. The number of para-hydroxylation sites is 1. The molecule has 1 amide bonds. The summed E-state index contributed by atoms with van der Waals surface area (Å²) in [7, 11) is 0. The zero-order valence-corrected chi connectivity index (χ0v) is 12.7. The second-order valence-electron chi connectivity index (χ2n) is 5.35. The van der Waals surface area contributed by atoms with E-state index in [4.69, 9.17) is 4.74 Å². The van der Waals surface area contributed by atoms with Crippen LogP contribution in [0.15, 0.2) is 24.3 Å². The minimum Gasteiger partial charge on any atom is -0.466 e. The molecule has 120 valence electrons. The summed E-state index contributed by atoms with van der Waals surface area (Å²) in [6.45, 7) is 3.54. The second kappa shape index (κ2) is 7.89. The van der Waals surface area contributed by atoms with E-state index in [-0.39, 0.29) is 30.0 Å². The van der Waals surface area contributed by atoms with Crippen LogP contribution in [0.2, 0.25) is 0 Å². The van der Waals surface area contributed by atoms with E-state index >= 15 is 0 Å². The van der Waals surface area contributed by atoms with E-state index in [1.807, 2.05) is 4.90 Å². The Bertz CT molecular complexity index is 536. The first-order chi connectivity index (χ1) is 10.6. The highest BCUT2D eigenvalue weighted by molar-refractivity contribution is 5.92. The lowest BCUT2D eigenvalue weighted by Crippen LogP contribution is -2.43. The number of nitrogens with zero attached hydrogens (tertiary/aromatic N) is 1. The zero-order valence-electron chi connectivity index (χ0n) is 12.7. The van der Waals surface area contributed by atoms with E-state index in [2.05, 4.69) is 5.32 Å². The van der Waals surface area contributed by atoms with Gasteiger partial charge in [0.2, 0.25) is 5.91 Å². The number of esters is 1. The smallest absolute Gasteiger partial charge is 0.310 e. The fraction of sp³-hybridized carbons (Fsp3) is 0.500. The number of anilines is 1. The van der Waals surface area contributed by atoms with Crippen molar-refractivity contribution in [3.05, 3.63) is 30.1 Å². The lowest BCUT2D eigenvalue weighted by molar-refractivity contribution is -0.150. The van der Waals surface area contributed by atoms with Crippen LogP contribution in [0.25, 0.3) is 0 Å². The first kappa shape index (κ1) is 16.4. The highest BCUT2D eigenvalue weighted by Gasteiger charge is 2.27. The molecule has 1 aliphatic rings. The van der Waals surface area contributed by atoms with Crippen LogP contribution in [-0.2, 0) is 14.3 Å². The number of benzene rings is 1. The van der Waals surface area contributed by atoms with E-state index in [0.717, 1.165) is 19.4 Å². The van der Waals surface area contributed by atoms with Gasteiger partial charge in [0.25, 0.3) is 0 Å². The van der Waals surface area contributed by atoms with Crippen molar-refractivity contribution in [3.8, 4) is 0 Å². The van der Waals surface area contributed by atoms with Crippen LogP contribution in [0, 0.1) is 11.7 Å². The second-order valence-corrected chi connectivity index (χ2v) is 5.35. The van der Waals surface area contributed by atoms with Gasteiger partial charge in [0.05, 0.1) is 24.8 Å². The number of halogens is 1. The summed E-state index contributed by atoms with van der Waals surface area (Å²) in [5, 5.41) is 2.55. The van der Waals surface area contributed by atoms with E-state index < -0.39 is 5.82 Å². The quantitative estimate of drug-likeness (QED) is 0.846. The fourth-order valence-corrected chi connectivity index (χ4v) is 2.61. The molecule has 22 heavy (non-hydrogen) atoms. The number of rotatable bonds is 5. The van der Waals surface area contributed by atoms with Gasteiger partial charge >= 0.3 is 5.97 Å². The molecular formula is C16H21FN2O3. The zero-order chi connectivity index (χ0) is 15.9. The molecule has 6 heteroatoms. The molecule has 1 N–H and O–H groups in total. The molecule has 1 aromatic rings. The first-order valence-electron chi connectivity index (χ1n) is 7.53. The Morgan fingerprint density at radius 3 is 2.91 bits per heavy atom. The Kier molecular flexibility index (Phi) is 5.89. The van der Waals surface area contributed by atoms with Gasteiger partial charge in [-0.3, -0.25) is 14.5 Å². The topological polar surface area (TPSA) is 58.6 Å². The van der Waals surface area contributed by atoms with Gasteiger partial charge in [0.1, 0.15) is 5.82 Å². The third-order valence-electron chi connectivity index (χ3n) is 3.64. The van der Waals surface area contributed by atoms with Crippen molar-refractivity contribution < 1.29 is 18.7 Å². The van der Waals surface area contributed by atoms with Crippen LogP contribution in [0.1, 0.15) is 19.8 Å². The van der Waals surface area contributed by atoms with Gasteiger partial charge in [-0.05, 0) is 38.4 Å². The summed E-state index contributed by atoms with van der Waals surface area (Å²) in [5.74, 6) is -1.13. The summed E-state index contributed by atoms with van der Waals surface area (Å²) in [6, 6.07) is 6.05. The minimum absolute atomic E-state index is 0.143. The highest BCUT2D eigenvalue weighted by Crippen LogP contribution is 2.18. The largest absolute Gasteiger partial charge is 0.466 e. The van der Waals surface area contributed by atoms with Crippen molar-refractivity contribution in [2.45, 2.75) is 19.8 Å². The Morgan fingerprint density at radius 1 is 1.41 bits per heavy atom. The molecule has 0 unspecified atom stereocenters.